The smallest absolute Gasteiger partial charge is 0.251 e. The van der Waals surface area contributed by atoms with Crippen LogP contribution in [0.2, 0.25) is 0 Å². The third-order valence-corrected chi connectivity index (χ3v) is 9.11. The molecule has 3 heterocycles. The highest BCUT2D eigenvalue weighted by Crippen LogP contribution is 2.45. The molecule has 1 atom stereocenters. The van der Waals surface area contributed by atoms with Gasteiger partial charge in [-0.15, -0.1) is 11.3 Å². The number of anilines is 2. The van der Waals surface area contributed by atoms with E-state index in [4.69, 9.17) is 5.73 Å². The lowest BCUT2D eigenvalue weighted by molar-refractivity contribution is -0.120. The molecule has 2 aromatic heterocycles. The number of amides is 2. The van der Waals surface area contributed by atoms with Gasteiger partial charge in [0.25, 0.3) is 5.91 Å². The van der Waals surface area contributed by atoms with Crippen molar-refractivity contribution in [1.29, 1.82) is 0 Å². The monoisotopic (exact) mass is 577 g/mol. The lowest BCUT2D eigenvalue weighted by Crippen LogP contribution is -2.40. The van der Waals surface area contributed by atoms with Gasteiger partial charge < -0.3 is 26.8 Å². The van der Waals surface area contributed by atoms with Crippen molar-refractivity contribution in [3.8, 4) is 10.4 Å². The number of aliphatic hydroxyl groups is 1. The van der Waals surface area contributed by atoms with Crippen LogP contribution in [0.15, 0.2) is 42.5 Å². The van der Waals surface area contributed by atoms with E-state index in [1.54, 1.807) is 44.2 Å². The van der Waals surface area contributed by atoms with Gasteiger partial charge >= 0.3 is 0 Å². The number of hydrogen-bond donors (Lipinski definition) is 7. The molecule has 13 heteroatoms. The molecule has 0 bridgehead atoms. The number of primary amides is 1. The zero-order valence-corrected chi connectivity index (χ0v) is 23.2. The normalized spacial score (nSPS) is 17.5. The Morgan fingerprint density at radius 1 is 1.23 bits per heavy atom. The molecule has 3 aromatic rings. The number of hydrogen-bond acceptors (Lipinski definition) is 9. The Morgan fingerprint density at radius 3 is 2.64 bits per heavy atom. The summed E-state index contributed by atoms with van der Waals surface area (Å²) in [6, 6.07) is 11.0. The van der Waals surface area contributed by atoms with Crippen molar-refractivity contribution in [3.63, 3.8) is 0 Å². The molecule has 210 valence electrons. The molecule has 1 fully saturated rings. The average molecular weight is 578 g/mol. The number of aromatic nitrogens is 1. The number of benzene rings is 1. The Bertz CT molecular complexity index is 1380. The van der Waals surface area contributed by atoms with Crippen LogP contribution in [0.25, 0.3) is 10.4 Å². The number of thiophene rings is 1. The number of nitrogens with two attached hydrogens (primary N) is 1. The summed E-state index contributed by atoms with van der Waals surface area (Å²) in [5, 5.41) is 19.5. The molecule has 4 rings (SSSR count). The Hall–Kier alpha value is -3.07. The van der Waals surface area contributed by atoms with Crippen molar-refractivity contribution in [2.45, 2.75) is 38.5 Å². The van der Waals surface area contributed by atoms with E-state index >= 15 is 0 Å². The van der Waals surface area contributed by atoms with Crippen LogP contribution < -0.4 is 21.7 Å². The number of nitrogens with one attached hydrogen (secondary N) is 3. The summed E-state index contributed by atoms with van der Waals surface area (Å²) in [6.45, 7) is 3.47. The first-order chi connectivity index (χ1) is 18.3. The molecule has 1 aliphatic rings. The molecule has 1 aromatic carbocycles. The van der Waals surface area contributed by atoms with Gasteiger partial charge in [0, 0.05) is 28.8 Å². The molecule has 0 saturated carbocycles. The topological polar surface area (TPSA) is 170 Å². The Kier molecular flexibility index (Phi) is 8.59. The van der Waals surface area contributed by atoms with Crippen LogP contribution in [0.1, 0.15) is 41.9 Å². The SMILES string of the molecule is CC(C)(O)c1ccc(-c2cc(C(N)=O)c(Nc3cccc(CNCC(=O)NC4CCS(O)(O)C4)n3)s2)c(F)c1. The molecule has 1 aliphatic heterocycles. The highest BCUT2D eigenvalue weighted by Gasteiger charge is 2.29. The second-order valence-corrected chi connectivity index (χ2v) is 13.3. The Labute approximate surface area is 231 Å². The summed E-state index contributed by atoms with van der Waals surface area (Å²) < 4.78 is 34.3. The minimum absolute atomic E-state index is 0.0347. The maximum Gasteiger partial charge on any atom is 0.251 e. The van der Waals surface area contributed by atoms with Gasteiger partial charge in [0.2, 0.25) is 5.91 Å². The first kappa shape index (κ1) is 28.9. The molecular weight excluding hydrogens is 545 g/mol. The quantitative estimate of drug-likeness (QED) is 0.191. The van der Waals surface area contributed by atoms with Gasteiger partial charge in [-0.1, -0.05) is 18.2 Å². The van der Waals surface area contributed by atoms with E-state index in [0.29, 0.717) is 45.7 Å². The summed E-state index contributed by atoms with van der Waals surface area (Å²) in [5.74, 6) is -0.530. The predicted octanol–water partition coefficient (Wildman–Crippen LogP) is 3.75. The molecule has 10 nitrogen and oxygen atoms in total. The third-order valence-electron chi connectivity index (χ3n) is 6.21. The third kappa shape index (κ3) is 7.53. The van der Waals surface area contributed by atoms with Crippen LogP contribution in [0.4, 0.5) is 15.2 Å². The van der Waals surface area contributed by atoms with Crippen LogP contribution in [-0.2, 0) is 16.9 Å². The minimum Gasteiger partial charge on any atom is -0.386 e. The summed E-state index contributed by atoms with van der Waals surface area (Å²) in [5.41, 5.74) is 5.91. The molecule has 8 N–H and O–H groups in total. The summed E-state index contributed by atoms with van der Waals surface area (Å²) in [6.07, 6.45) is 0.542. The highest BCUT2D eigenvalue weighted by atomic mass is 32.3. The second-order valence-electron chi connectivity index (χ2n) is 9.94. The van der Waals surface area contributed by atoms with Gasteiger partial charge in [0.1, 0.15) is 16.6 Å². The van der Waals surface area contributed by atoms with E-state index in [1.165, 1.54) is 12.1 Å². The van der Waals surface area contributed by atoms with Crippen LogP contribution in [0, 0.1) is 5.82 Å². The van der Waals surface area contributed by atoms with Crippen LogP contribution in [0.5, 0.6) is 0 Å². The molecular formula is C26H32FN5O5S2. The first-order valence-corrected chi connectivity index (χ1v) is 14.9. The average Bonchev–Trinajstić information content (AvgIpc) is 3.41. The van der Waals surface area contributed by atoms with E-state index in [9.17, 15) is 28.2 Å². The summed E-state index contributed by atoms with van der Waals surface area (Å²) in [4.78, 5) is 29.3. The standard InChI is InChI=1S/C26H32FN5O5S2/c1-26(2,35)15-6-7-18(20(27)10-15)21-11-19(24(28)34)25(38-21)32-22-5-3-4-16(30-22)12-29-13-23(33)31-17-8-9-39(36,37)14-17/h3-7,10-11,17,29,35-37H,8-9,12-14H2,1-2H3,(H2,28,34)(H,30,32)(H,31,33). The second kappa shape index (κ2) is 11.6. The lowest BCUT2D eigenvalue weighted by atomic mass is 9.96. The fraction of sp³-hybridized carbons (Fsp3) is 0.346. The van der Waals surface area contributed by atoms with Crippen molar-refractivity contribution in [2.75, 3.05) is 23.4 Å². The van der Waals surface area contributed by atoms with E-state index < -0.39 is 27.9 Å². The van der Waals surface area contributed by atoms with Gasteiger partial charge in [-0.25, -0.2) is 9.37 Å². The van der Waals surface area contributed by atoms with Crippen molar-refractivity contribution in [1.82, 2.24) is 15.6 Å². The van der Waals surface area contributed by atoms with Crippen LogP contribution >= 0.6 is 21.9 Å². The number of rotatable bonds is 10. The molecule has 0 radical (unpaired) electrons. The molecule has 1 saturated heterocycles. The predicted molar refractivity (Wildman–Crippen MR) is 152 cm³/mol. The molecule has 1 unspecified atom stereocenters. The van der Waals surface area contributed by atoms with Gasteiger partial charge in [0.05, 0.1) is 29.2 Å². The van der Waals surface area contributed by atoms with Crippen LogP contribution in [0.3, 0.4) is 0 Å². The van der Waals surface area contributed by atoms with E-state index in [1.807, 2.05) is 0 Å². The maximum absolute atomic E-state index is 14.9. The van der Waals surface area contributed by atoms with E-state index in [0.717, 1.165) is 11.3 Å². The van der Waals surface area contributed by atoms with Gasteiger partial charge in [-0.3, -0.25) is 18.7 Å². The fourth-order valence-electron chi connectivity index (χ4n) is 4.18. The summed E-state index contributed by atoms with van der Waals surface area (Å²) >= 11 is 1.15. The number of nitrogens with zero attached hydrogens (tertiary/aromatic N) is 1. The highest BCUT2D eigenvalue weighted by molar-refractivity contribution is 8.24. The van der Waals surface area contributed by atoms with Crippen molar-refractivity contribution in [3.05, 3.63) is 65.1 Å². The molecule has 39 heavy (non-hydrogen) atoms. The molecule has 0 aliphatic carbocycles. The zero-order valence-electron chi connectivity index (χ0n) is 21.5. The number of carbonyl (C=O) groups is 2. The molecule has 0 spiro atoms. The van der Waals surface area contributed by atoms with Crippen molar-refractivity contribution in [2.24, 2.45) is 5.73 Å². The minimum atomic E-state index is -2.58. The summed E-state index contributed by atoms with van der Waals surface area (Å²) in [7, 11) is -2.58. The number of pyridine rings is 1. The zero-order chi connectivity index (χ0) is 28.4. The number of carbonyl (C=O) groups excluding carboxylic acids is 2. The van der Waals surface area contributed by atoms with Crippen molar-refractivity contribution >= 4 is 44.6 Å². The fourth-order valence-corrected chi connectivity index (χ4v) is 7.00. The largest absolute Gasteiger partial charge is 0.386 e. The van der Waals surface area contributed by atoms with Gasteiger partial charge in [-0.2, -0.15) is 10.6 Å². The molecule has 2 amide bonds. The van der Waals surface area contributed by atoms with Crippen molar-refractivity contribution < 1.29 is 28.2 Å². The van der Waals surface area contributed by atoms with E-state index in [-0.39, 0.29) is 35.4 Å². The number of halogens is 1. The Morgan fingerprint density at radius 2 is 2.00 bits per heavy atom. The van der Waals surface area contributed by atoms with Gasteiger partial charge in [-0.05, 0) is 50.1 Å². The first-order valence-electron chi connectivity index (χ1n) is 12.2. The van der Waals surface area contributed by atoms with Gasteiger partial charge in [0.15, 0.2) is 0 Å². The lowest BCUT2D eigenvalue weighted by Gasteiger charge is -2.26. The Balaban J connectivity index is 1.41. The van der Waals surface area contributed by atoms with E-state index in [2.05, 4.69) is 20.9 Å². The van der Waals surface area contributed by atoms with Crippen LogP contribution in [-0.4, -0.2) is 55.1 Å². The maximum atomic E-state index is 14.9.